The Morgan fingerprint density at radius 3 is 2.33 bits per heavy atom. The Kier molecular flexibility index (Phi) is 9.95. The number of ether oxygens (including phenoxy) is 1. The third-order valence-corrected chi connectivity index (χ3v) is 5.64. The summed E-state index contributed by atoms with van der Waals surface area (Å²) in [7, 11) is 0. The Morgan fingerprint density at radius 1 is 1.15 bits per heavy atom. The first-order valence-corrected chi connectivity index (χ1v) is 11.9. The topological polar surface area (TPSA) is 87.7 Å². The lowest BCUT2D eigenvalue weighted by molar-refractivity contribution is -0.140. The highest BCUT2D eigenvalue weighted by Crippen LogP contribution is 2.25. The fourth-order valence-corrected chi connectivity index (χ4v) is 3.99. The fraction of sp³-hybridized carbons (Fsp3) is 0.577. The van der Waals surface area contributed by atoms with Crippen molar-refractivity contribution in [2.24, 2.45) is 0 Å². The Balaban J connectivity index is 2.24. The summed E-state index contributed by atoms with van der Waals surface area (Å²) in [4.78, 5) is 40.1. The van der Waals surface area contributed by atoms with Crippen LogP contribution in [0.3, 0.4) is 0 Å². The molecule has 0 bridgehead atoms. The second kappa shape index (κ2) is 12.4. The van der Waals surface area contributed by atoms with Crippen LogP contribution in [0.5, 0.6) is 0 Å². The Morgan fingerprint density at radius 2 is 1.79 bits per heavy atom. The lowest BCUT2D eigenvalue weighted by atomic mass is 9.94. The van der Waals surface area contributed by atoms with Gasteiger partial charge in [0.1, 0.15) is 18.2 Å². The highest BCUT2D eigenvalue weighted by atomic mass is 16.6. The van der Waals surface area contributed by atoms with Gasteiger partial charge in [-0.15, -0.1) is 6.58 Å². The first kappa shape index (κ1) is 26.4. The minimum absolute atomic E-state index is 0.115. The van der Waals surface area contributed by atoms with Crippen LogP contribution < -0.4 is 10.6 Å². The molecular formula is C26H39N3O4. The smallest absolute Gasteiger partial charge is 0.408 e. The summed E-state index contributed by atoms with van der Waals surface area (Å²) in [5, 5.41) is 5.66. The lowest BCUT2D eigenvalue weighted by Gasteiger charge is -2.33. The van der Waals surface area contributed by atoms with Gasteiger partial charge in [-0.1, -0.05) is 56.5 Å². The van der Waals surface area contributed by atoms with Gasteiger partial charge in [0.15, 0.2) is 0 Å². The second-order valence-electron chi connectivity index (χ2n) is 9.53. The fourth-order valence-electron chi connectivity index (χ4n) is 3.99. The normalized spacial score (nSPS) is 15.3. The van der Waals surface area contributed by atoms with Crippen molar-refractivity contribution in [1.82, 2.24) is 15.5 Å². The van der Waals surface area contributed by atoms with Crippen LogP contribution in [0.2, 0.25) is 0 Å². The molecule has 0 saturated heterocycles. The average Bonchev–Trinajstić information content (AvgIpc) is 2.77. The summed E-state index contributed by atoms with van der Waals surface area (Å²) in [6.45, 7) is 11.0. The van der Waals surface area contributed by atoms with Crippen LogP contribution in [0, 0.1) is 0 Å². The quantitative estimate of drug-likeness (QED) is 0.542. The minimum atomic E-state index is -0.816. The second-order valence-corrected chi connectivity index (χ2v) is 9.53. The monoisotopic (exact) mass is 457 g/mol. The molecule has 0 heterocycles. The number of carbonyl (C=O) groups is 3. The van der Waals surface area contributed by atoms with E-state index in [4.69, 9.17) is 4.74 Å². The predicted molar refractivity (Wildman–Crippen MR) is 130 cm³/mol. The predicted octanol–water partition coefficient (Wildman–Crippen LogP) is 4.28. The van der Waals surface area contributed by atoms with Crippen molar-refractivity contribution in [3.63, 3.8) is 0 Å². The summed E-state index contributed by atoms with van der Waals surface area (Å²) in [5.41, 5.74) is 1.21. The number of amides is 3. The number of alkyl carbamates (subject to hydrolysis) is 1. The zero-order valence-electron chi connectivity index (χ0n) is 20.5. The molecule has 1 aromatic rings. The molecule has 1 unspecified atom stereocenters. The summed E-state index contributed by atoms with van der Waals surface area (Å²) in [5.74, 6) is -0.595. The van der Waals surface area contributed by atoms with E-state index in [9.17, 15) is 14.4 Å². The molecule has 33 heavy (non-hydrogen) atoms. The number of rotatable bonds is 9. The van der Waals surface area contributed by atoms with Crippen molar-refractivity contribution in [2.75, 3.05) is 13.1 Å². The zero-order valence-corrected chi connectivity index (χ0v) is 20.5. The van der Waals surface area contributed by atoms with Crippen LogP contribution in [0.4, 0.5) is 4.79 Å². The Labute approximate surface area is 197 Å². The van der Waals surface area contributed by atoms with Crippen molar-refractivity contribution >= 4 is 17.9 Å². The van der Waals surface area contributed by atoms with Crippen LogP contribution in [0.1, 0.15) is 77.0 Å². The van der Waals surface area contributed by atoms with Gasteiger partial charge < -0.3 is 20.3 Å². The summed E-state index contributed by atoms with van der Waals surface area (Å²) < 4.78 is 5.23. The number of benzene rings is 1. The molecule has 1 aromatic carbocycles. The largest absolute Gasteiger partial charge is 0.444 e. The van der Waals surface area contributed by atoms with E-state index in [0.29, 0.717) is 0 Å². The van der Waals surface area contributed by atoms with E-state index in [1.165, 1.54) is 11.3 Å². The molecule has 0 spiro atoms. The maximum Gasteiger partial charge on any atom is 0.408 e. The molecule has 7 heteroatoms. The third kappa shape index (κ3) is 8.56. The lowest BCUT2D eigenvalue weighted by Crippen LogP contribution is -2.49. The van der Waals surface area contributed by atoms with Gasteiger partial charge in [0.05, 0.1) is 0 Å². The number of nitrogens with zero attached hydrogens (tertiary/aromatic N) is 1. The molecular weight excluding hydrogens is 418 g/mol. The molecule has 2 N–H and O–H groups in total. The summed E-state index contributed by atoms with van der Waals surface area (Å²) in [6, 6.07) is 7.05. The van der Waals surface area contributed by atoms with Crippen LogP contribution >= 0.6 is 0 Å². The van der Waals surface area contributed by atoms with Gasteiger partial charge in [-0.3, -0.25) is 9.59 Å². The van der Waals surface area contributed by atoms with E-state index in [1.54, 1.807) is 26.8 Å². The molecule has 2 rings (SSSR count). The number of hydrogen-bond acceptors (Lipinski definition) is 4. The molecule has 1 fully saturated rings. The molecule has 1 aliphatic carbocycles. The van der Waals surface area contributed by atoms with Gasteiger partial charge in [-0.05, 0) is 51.2 Å². The van der Waals surface area contributed by atoms with E-state index in [0.717, 1.165) is 43.2 Å². The van der Waals surface area contributed by atoms with Crippen molar-refractivity contribution < 1.29 is 19.1 Å². The molecule has 3 amide bonds. The van der Waals surface area contributed by atoms with Crippen LogP contribution in [-0.4, -0.2) is 47.5 Å². The maximum absolute atomic E-state index is 13.5. The van der Waals surface area contributed by atoms with Gasteiger partial charge in [0.25, 0.3) is 0 Å². The van der Waals surface area contributed by atoms with Gasteiger partial charge in [0.2, 0.25) is 11.8 Å². The van der Waals surface area contributed by atoms with Gasteiger partial charge in [-0.25, -0.2) is 4.79 Å². The molecule has 0 aliphatic heterocycles. The maximum atomic E-state index is 13.5. The summed E-state index contributed by atoms with van der Waals surface area (Å²) in [6.07, 6.45) is 7.06. The Hall–Kier alpha value is -2.83. The van der Waals surface area contributed by atoms with Crippen LogP contribution in [0.15, 0.2) is 36.9 Å². The minimum Gasteiger partial charge on any atom is -0.444 e. The SMILES string of the molecule is C=CCN(C(=O)CNC(=O)OC(C)(C)C)C(C(=O)NC1CCCCC1)c1ccc(CC)cc1. The van der Waals surface area contributed by atoms with E-state index in [-0.39, 0.29) is 30.9 Å². The number of nitrogens with one attached hydrogen (secondary N) is 2. The average molecular weight is 458 g/mol. The molecule has 1 atom stereocenters. The van der Waals surface area contributed by atoms with Gasteiger partial charge >= 0.3 is 6.09 Å². The third-order valence-electron chi connectivity index (χ3n) is 5.64. The molecule has 0 radical (unpaired) electrons. The summed E-state index contributed by atoms with van der Waals surface area (Å²) >= 11 is 0. The highest BCUT2D eigenvalue weighted by molar-refractivity contribution is 5.90. The molecule has 0 aromatic heterocycles. The molecule has 182 valence electrons. The zero-order chi connectivity index (χ0) is 24.4. The van der Waals surface area contributed by atoms with E-state index in [2.05, 4.69) is 24.1 Å². The standard InChI is InChI=1S/C26H39N3O4/c1-6-17-29(22(30)18-27-25(32)33-26(3,4)5)23(20-15-13-19(7-2)14-16-20)24(31)28-21-11-9-8-10-12-21/h6,13-16,21,23H,1,7-12,17-18H2,2-5H3,(H,27,32)(H,28,31). The molecule has 1 saturated carbocycles. The van der Waals surface area contributed by atoms with Crippen LogP contribution in [0.25, 0.3) is 0 Å². The van der Waals surface area contributed by atoms with Gasteiger partial charge in [-0.2, -0.15) is 0 Å². The first-order valence-electron chi connectivity index (χ1n) is 11.9. The van der Waals surface area contributed by atoms with Crippen LogP contribution in [-0.2, 0) is 20.7 Å². The Bertz CT molecular complexity index is 808. The number of carbonyl (C=O) groups excluding carboxylic acids is 3. The van der Waals surface area contributed by atoms with E-state index in [1.807, 2.05) is 24.3 Å². The number of hydrogen-bond donors (Lipinski definition) is 2. The number of aryl methyl sites for hydroxylation is 1. The molecule has 1 aliphatic rings. The van der Waals surface area contributed by atoms with Crippen molar-refractivity contribution in [3.05, 3.63) is 48.0 Å². The van der Waals surface area contributed by atoms with E-state index < -0.39 is 17.7 Å². The van der Waals surface area contributed by atoms with Gasteiger partial charge in [0, 0.05) is 12.6 Å². The highest BCUT2D eigenvalue weighted by Gasteiger charge is 2.32. The van der Waals surface area contributed by atoms with Crippen molar-refractivity contribution in [3.8, 4) is 0 Å². The van der Waals surface area contributed by atoms with Crippen molar-refractivity contribution in [1.29, 1.82) is 0 Å². The molecule has 7 nitrogen and oxygen atoms in total. The first-order chi connectivity index (χ1) is 15.6. The van der Waals surface area contributed by atoms with Crippen molar-refractivity contribution in [2.45, 2.75) is 83.9 Å². The van der Waals surface area contributed by atoms with E-state index >= 15 is 0 Å².